The zero-order valence-electron chi connectivity index (χ0n) is 14.4. The van der Waals surface area contributed by atoms with Crippen molar-refractivity contribution in [2.24, 2.45) is 0 Å². The third-order valence-corrected chi connectivity index (χ3v) is 4.85. The van der Waals surface area contributed by atoms with E-state index in [1.165, 1.54) is 6.92 Å². The van der Waals surface area contributed by atoms with Crippen molar-refractivity contribution < 1.29 is 19.1 Å². The summed E-state index contributed by atoms with van der Waals surface area (Å²) in [4.78, 5) is 35.7. The van der Waals surface area contributed by atoms with Crippen LogP contribution in [-0.4, -0.2) is 24.2 Å². The lowest BCUT2D eigenvalue weighted by molar-refractivity contribution is -0.122. The Morgan fingerprint density at radius 1 is 1.12 bits per heavy atom. The second-order valence-corrected chi connectivity index (χ2v) is 7.10. The number of hydrazine groups is 1. The molecule has 2 rings (SSSR count). The van der Waals surface area contributed by atoms with Crippen LogP contribution in [0.3, 0.4) is 0 Å². The monoisotopic (exact) mass is 394 g/mol. The fourth-order valence-corrected chi connectivity index (χ4v) is 3.11. The molecule has 1 aromatic heterocycles. The fourth-order valence-electron chi connectivity index (χ4n) is 2.09. The number of thiophene rings is 1. The molecule has 2 N–H and O–H groups in total. The van der Waals surface area contributed by atoms with Gasteiger partial charge >= 0.3 is 0 Å². The van der Waals surface area contributed by atoms with E-state index in [9.17, 15) is 14.4 Å². The van der Waals surface area contributed by atoms with Crippen molar-refractivity contribution in [3.8, 4) is 5.75 Å². The van der Waals surface area contributed by atoms with Gasteiger partial charge in [-0.2, -0.15) is 0 Å². The van der Waals surface area contributed by atoms with Crippen LogP contribution in [0, 0.1) is 6.92 Å². The van der Waals surface area contributed by atoms with Crippen LogP contribution in [0.5, 0.6) is 5.75 Å². The number of benzene rings is 1. The average molecular weight is 395 g/mol. The normalized spacial score (nSPS) is 10.3. The summed E-state index contributed by atoms with van der Waals surface area (Å²) in [7, 11) is 0. The molecule has 0 bridgehead atoms. The Morgan fingerprint density at radius 2 is 1.85 bits per heavy atom. The van der Waals surface area contributed by atoms with E-state index >= 15 is 0 Å². The Kier molecular flexibility index (Phi) is 7.17. The van der Waals surface area contributed by atoms with E-state index in [0.29, 0.717) is 27.8 Å². The molecule has 1 heterocycles. The highest BCUT2D eigenvalue weighted by molar-refractivity contribution is 7.15. The van der Waals surface area contributed by atoms with Crippen molar-refractivity contribution in [3.05, 3.63) is 50.7 Å². The van der Waals surface area contributed by atoms with Crippen molar-refractivity contribution >= 4 is 40.5 Å². The summed E-state index contributed by atoms with van der Waals surface area (Å²) in [5.74, 6) is -0.155. The Balaban J connectivity index is 1.68. The van der Waals surface area contributed by atoms with Gasteiger partial charge in [-0.15, -0.1) is 11.3 Å². The number of carbonyl (C=O) groups is 3. The molecule has 0 aliphatic rings. The van der Waals surface area contributed by atoms with Gasteiger partial charge in [0.05, 0.1) is 16.4 Å². The van der Waals surface area contributed by atoms with Gasteiger partial charge in [-0.25, -0.2) is 0 Å². The number of halogens is 1. The van der Waals surface area contributed by atoms with Gasteiger partial charge in [-0.05, 0) is 56.2 Å². The van der Waals surface area contributed by atoms with Gasteiger partial charge in [0.2, 0.25) is 5.91 Å². The Hall–Kier alpha value is -2.38. The van der Waals surface area contributed by atoms with E-state index in [4.69, 9.17) is 16.3 Å². The molecule has 26 heavy (non-hydrogen) atoms. The highest BCUT2D eigenvalue weighted by Gasteiger charge is 2.12. The first kappa shape index (κ1) is 19.9. The minimum Gasteiger partial charge on any atom is -0.493 e. The van der Waals surface area contributed by atoms with Gasteiger partial charge in [-0.1, -0.05) is 11.6 Å². The second kappa shape index (κ2) is 9.35. The summed E-state index contributed by atoms with van der Waals surface area (Å²) >= 11 is 6.96. The maximum absolute atomic E-state index is 11.9. The molecule has 0 saturated heterocycles. The molecule has 0 unspecified atom stereocenters. The summed E-state index contributed by atoms with van der Waals surface area (Å²) in [6.45, 7) is 3.70. The molecule has 6 nitrogen and oxygen atoms in total. The van der Waals surface area contributed by atoms with Crippen LogP contribution in [0.4, 0.5) is 0 Å². The number of aryl methyl sites for hydroxylation is 1. The topological polar surface area (TPSA) is 84.5 Å². The number of Topliss-reactive ketones (excluding diaryl/α,β-unsaturated/α-hetero) is 1. The van der Waals surface area contributed by atoms with Gasteiger partial charge in [0, 0.05) is 11.4 Å². The Labute approximate surface area is 160 Å². The van der Waals surface area contributed by atoms with Crippen LogP contribution in [0.25, 0.3) is 0 Å². The first-order valence-corrected chi connectivity index (χ1v) is 9.15. The molecule has 1 aromatic carbocycles. The third-order valence-electron chi connectivity index (χ3n) is 3.43. The zero-order chi connectivity index (χ0) is 19.1. The molecule has 0 radical (unpaired) electrons. The molecule has 2 aromatic rings. The predicted octanol–water partition coefficient (Wildman–Crippen LogP) is 3.53. The summed E-state index contributed by atoms with van der Waals surface area (Å²) in [6.07, 6.45) is 0.702. The number of ketones is 1. The Morgan fingerprint density at radius 3 is 2.50 bits per heavy atom. The van der Waals surface area contributed by atoms with Crippen molar-refractivity contribution in [1.82, 2.24) is 10.9 Å². The van der Waals surface area contributed by atoms with Gasteiger partial charge in [0.25, 0.3) is 5.91 Å². The summed E-state index contributed by atoms with van der Waals surface area (Å²) < 4.78 is 5.61. The SMILES string of the molecule is CC(=O)c1ccc(C(=O)NNC(=O)CCCOc2ccc(Cl)cc2C)s1. The van der Waals surface area contributed by atoms with Crippen molar-refractivity contribution in [3.63, 3.8) is 0 Å². The molecule has 0 spiro atoms. The van der Waals surface area contributed by atoms with Crippen LogP contribution in [0.2, 0.25) is 5.02 Å². The smallest absolute Gasteiger partial charge is 0.279 e. The van der Waals surface area contributed by atoms with Crippen LogP contribution < -0.4 is 15.6 Å². The summed E-state index contributed by atoms with van der Waals surface area (Å²) in [5.41, 5.74) is 5.60. The van der Waals surface area contributed by atoms with Crippen molar-refractivity contribution in [2.75, 3.05) is 6.61 Å². The highest BCUT2D eigenvalue weighted by atomic mass is 35.5. The number of hydrogen-bond donors (Lipinski definition) is 2. The summed E-state index contributed by atoms with van der Waals surface area (Å²) in [5, 5.41) is 0.645. The summed E-state index contributed by atoms with van der Waals surface area (Å²) in [6, 6.07) is 8.47. The molecule has 0 fully saturated rings. The van der Waals surface area contributed by atoms with E-state index < -0.39 is 5.91 Å². The largest absolute Gasteiger partial charge is 0.493 e. The number of ether oxygens (including phenoxy) is 1. The number of rotatable bonds is 7. The first-order valence-electron chi connectivity index (χ1n) is 7.95. The maximum atomic E-state index is 11.9. The van der Waals surface area contributed by atoms with Gasteiger partial charge < -0.3 is 4.74 Å². The van der Waals surface area contributed by atoms with Gasteiger partial charge in [-0.3, -0.25) is 25.2 Å². The fraction of sp³-hybridized carbons (Fsp3) is 0.278. The van der Waals surface area contributed by atoms with E-state index in [0.717, 1.165) is 22.6 Å². The van der Waals surface area contributed by atoms with Crippen LogP contribution in [0.15, 0.2) is 30.3 Å². The predicted molar refractivity (Wildman–Crippen MR) is 101 cm³/mol. The molecule has 0 saturated carbocycles. The van der Waals surface area contributed by atoms with Crippen LogP contribution in [0.1, 0.15) is 44.7 Å². The lowest BCUT2D eigenvalue weighted by Gasteiger charge is -2.09. The zero-order valence-corrected chi connectivity index (χ0v) is 16.0. The Bertz CT molecular complexity index is 819. The minimum absolute atomic E-state index is 0.103. The highest BCUT2D eigenvalue weighted by Crippen LogP contribution is 2.22. The molecule has 0 atom stereocenters. The van der Waals surface area contributed by atoms with E-state index in [-0.39, 0.29) is 18.1 Å². The molecule has 0 aliphatic heterocycles. The molecule has 138 valence electrons. The van der Waals surface area contributed by atoms with Crippen LogP contribution in [-0.2, 0) is 4.79 Å². The van der Waals surface area contributed by atoms with E-state index in [1.807, 2.05) is 6.92 Å². The third kappa shape index (κ3) is 5.86. The standard InChI is InChI=1S/C18H19ClN2O4S/c1-11-10-13(19)5-6-14(11)25-9-3-4-17(23)20-21-18(24)16-8-7-15(26-16)12(2)22/h5-8,10H,3-4,9H2,1-2H3,(H,20,23)(H,21,24). The van der Waals surface area contributed by atoms with Crippen molar-refractivity contribution in [1.29, 1.82) is 0 Å². The quantitative estimate of drug-likeness (QED) is 0.427. The molecule has 2 amide bonds. The van der Waals surface area contributed by atoms with Crippen molar-refractivity contribution in [2.45, 2.75) is 26.7 Å². The first-order chi connectivity index (χ1) is 12.4. The van der Waals surface area contributed by atoms with Crippen LogP contribution >= 0.6 is 22.9 Å². The van der Waals surface area contributed by atoms with E-state index in [2.05, 4.69) is 10.9 Å². The number of carbonyl (C=O) groups excluding carboxylic acids is 3. The number of amides is 2. The number of hydrogen-bond acceptors (Lipinski definition) is 5. The lowest BCUT2D eigenvalue weighted by Crippen LogP contribution is -2.41. The molecule has 0 aliphatic carbocycles. The molecule has 8 heteroatoms. The molecular weight excluding hydrogens is 376 g/mol. The number of nitrogens with one attached hydrogen (secondary N) is 2. The maximum Gasteiger partial charge on any atom is 0.279 e. The minimum atomic E-state index is -0.455. The van der Waals surface area contributed by atoms with E-state index in [1.54, 1.807) is 30.3 Å². The van der Waals surface area contributed by atoms with Gasteiger partial charge in [0.15, 0.2) is 5.78 Å². The van der Waals surface area contributed by atoms with Gasteiger partial charge in [0.1, 0.15) is 5.75 Å². The second-order valence-electron chi connectivity index (χ2n) is 5.58. The molecular formula is C18H19ClN2O4S. The lowest BCUT2D eigenvalue weighted by atomic mass is 10.2. The average Bonchev–Trinajstić information content (AvgIpc) is 3.08.